The van der Waals surface area contributed by atoms with E-state index in [0.29, 0.717) is 5.41 Å². The zero-order valence-electron chi connectivity index (χ0n) is 11.1. The molecule has 0 bridgehead atoms. The van der Waals surface area contributed by atoms with Crippen molar-refractivity contribution in [3.05, 3.63) is 0 Å². The van der Waals surface area contributed by atoms with Gasteiger partial charge in [0.1, 0.15) is 0 Å². The lowest BCUT2D eigenvalue weighted by Crippen LogP contribution is -2.33. The molecule has 1 rings (SSSR count). The van der Waals surface area contributed by atoms with Crippen molar-refractivity contribution in [1.82, 2.24) is 0 Å². The minimum atomic E-state index is 0.566. The molecule has 96 valence electrons. The van der Waals surface area contributed by atoms with Crippen LogP contribution >= 0.6 is 0 Å². The Balaban J connectivity index is 1.84. The maximum Gasteiger partial charge on any atom is 0.0522 e. The van der Waals surface area contributed by atoms with E-state index in [0.717, 1.165) is 19.8 Å². The number of rotatable bonds is 10. The Kier molecular flexibility index (Phi) is 7.06. The van der Waals surface area contributed by atoms with E-state index in [2.05, 4.69) is 6.92 Å². The van der Waals surface area contributed by atoms with Crippen LogP contribution in [0.1, 0.15) is 58.3 Å². The quantitative estimate of drug-likeness (QED) is 0.530. The Morgan fingerprint density at radius 2 is 1.69 bits per heavy atom. The van der Waals surface area contributed by atoms with E-state index in [1.165, 1.54) is 51.4 Å². The molecule has 0 unspecified atom stereocenters. The Morgan fingerprint density at radius 1 is 1.00 bits per heavy atom. The first kappa shape index (κ1) is 14.0. The molecule has 1 fully saturated rings. The van der Waals surface area contributed by atoms with Crippen molar-refractivity contribution >= 4 is 0 Å². The van der Waals surface area contributed by atoms with E-state index >= 15 is 0 Å². The fourth-order valence-corrected chi connectivity index (χ4v) is 2.37. The summed E-state index contributed by atoms with van der Waals surface area (Å²) in [6.45, 7) is 5.16. The van der Waals surface area contributed by atoms with Crippen LogP contribution < -0.4 is 0 Å². The van der Waals surface area contributed by atoms with Gasteiger partial charge in [-0.25, -0.2) is 0 Å². The Labute approximate surface area is 101 Å². The molecular weight excluding hydrogens is 200 g/mol. The molecule has 0 saturated heterocycles. The molecule has 0 aromatic heterocycles. The van der Waals surface area contributed by atoms with Crippen molar-refractivity contribution in [1.29, 1.82) is 0 Å². The summed E-state index contributed by atoms with van der Waals surface area (Å²) in [5, 5.41) is 0. The van der Waals surface area contributed by atoms with Crippen LogP contribution in [0.5, 0.6) is 0 Å². The van der Waals surface area contributed by atoms with Gasteiger partial charge in [0, 0.05) is 20.3 Å². The van der Waals surface area contributed by atoms with Gasteiger partial charge in [-0.15, -0.1) is 0 Å². The minimum Gasteiger partial charge on any atom is -0.385 e. The predicted molar refractivity (Wildman–Crippen MR) is 67.7 cm³/mol. The van der Waals surface area contributed by atoms with Crippen LogP contribution in [-0.4, -0.2) is 26.9 Å². The van der Waals surface area contributed by atoms with Crippen LogP contribution in [-0.2, 0) is 9.47 Å². The SMILES string of the molecule is CCC1(COCCCCCCOC)CCC1. The highest BCUT2D eigenvalue weighted by Gasteiger charge is 2.34. The van der Waals surface area contributed by atoms with E-state index in [4.69, 9.17) is 9.47 Å². The second kappa shape index (κ2) is 8.08. The summed E-state index contributed by atoms with van der Waals surface area (Å²) in [7, 11) is 1.77. The van der Waals surface area contributed by atoms with Gasteiger partial charge in [-0.3, -0.25) is 0 Å². The Morgan fingerprint density at radius 3 is 2.19 bits per heavy atom. The molecule has 0 spiro atoms. The smallest absolute Gasteiger partial charge is 0.0522 e. The molecule has 0 radical (unpaired) electrons. The minimum absolute atomic E-state index is 0.566. The molecule has 0 amide bonds. The van der Waals surface area contributed by atoms with Gasteiger partial charge in [0.2, 0.25) is 0 Å². The lowest BCUT2D eigenvalue weighted by Gasteiger charge is -2.40. The summed E-state index contributed by atoms with van der Waals surface area (Å²) in [5.74, 6) is 0. The van der Waals surface area contributed by atoms with Gasteiger partial charge in [0.05, 0.1) is 6.61 Å². The average Bonchev–Trinajstić information content (AvgIpc) is 2.25. The summed E-state index contributed by atoms with van der Waals surface area (Å²) in [4.78, 5) is 0. The van der Waals surface area contributed by atoms with Gasteiger partial charge < -0.3 is 9.47 Å². The lowest BCUT2D eigenvalue weighted by atomic mass is 9.68. The van der Waals surface area contributed by atoms with Crippen LogP contribution in [0.15, 0.2) is 0 Å². The van der Waals surface area contributed by atoms with Crippen molar-refractivity contribution in [2.75, 3.05) is 26.9 Å². The van der Waals surface area contributed by atoms with E-state index in [9.17, 15) is 0 Å². The number of methoxy groups -OCH3 is 1. The van der Waals surface area contributed by atoms with Gasteiger partial charge in [-0.05, 0) is 37.5 Å². The molecule has 0 aromatic carbocycles. The molecule has 16 heavy (non-hydrogen) atoms. The molecule has 0 aromatic rings. The van der Waals surface area contributed by atoms with E-state index in [1.54, 1.807) is 7.11 Å². The predicted octanol–water partition coefficient (Wildman–Crippen LogP) is 3.79. The molecule has 0 aliphatic heterocycles. The van der Waals surface area contributed by atoms with Gasteiger partial charge in [-0.2, -0.15) is 0 Å². The molecule has 0 atom stereocenters. The second-order valence-electron chi connectivity index (χ2n) is 5.17. The van der Waals surface area contributed by atoms with Crippen molar-refractivity contribution in [2.24, 2.45) is 5.41 Å². The highest BCUT2D eigenvalue weighted by molar-refractivity contribution is 4.86. The van der Waals surface area contributed by atoms with Crippen molar-refractivity contribution < 1.29 is 9.47 Å². The Bertz CT molecular complexity index is 159. The first-order valence-corrected chi connectivity index (χ1v) is 6.90. The largest absolute Gasteiger partial charge is 0.385 e. The maximum absolute atomic E-state index is 5.81. The average molecular weight is 228 g/mol. The molecule has 1 saturated carbocycles. The highest BCUT2D eigenvalue weighted by Crippen LogP contribution is 2.43. The number of hydrogen-bond acceptors (Lipinski definition) is 2. The molecule has 1 aliphatic rings. The van der Waals surface area contributed by atoms with Gasteiger partial charge in [0.25, 0.3) is 0 Å². The zero-order valence-corrected chi connectivity index (χ0v) is 11.1. The summed E-state index contributed by atoms with van der Waals surface area (Å²) in [5.41, 5.74) is 0.566. The standard InChI is InChI=1S/C14H28O2/c1-3-14(9-8-10-14)13-16-12-7-5-4-6-11-15-2/h3-13H2,1-2H3. The zero-order chi connectivity index (χ0) is 11.7. The highest BCUT2D eigenvalue weighted by atomic mass is 16.5. The summed E-state index contributed by atoms with van der Waals surface area (Å²) in [6.07, 6.45) is 10.4. The van der Waals surface area contributed by atoms with Crippen molar-refractivity contribution in [3.63, 3.8) is 0 Å². The number of unbranched alkanes of at least 4 members (excludes halogenated alkanes) is 3. The third kappa shape index (κ3) is 4.84. The first-order valence-electron chi connectivity index (χ1n) is 6.90. The van der Waals surface area contributed by atoms with E-state index in [1.807, 2.05) is 0 Å². The van der Waals surface area contributed by atoms with Gasteiger partial charge in [0.15, 0.2) is 0 Å². The van der Waals surface area contributed by atoms with Gasteiger partial charge in [-0.1, -0.05) is 26.2 Å². The van der Waals surface area contributed by atoms with Gasteiger partial charge >= 0.3 is 0 Å². The molecule has 2 heteroatoms. The van der Waals surface area contributed by atoms with Crippen LogP contribution in [0.3, 0.4) is 0 Å². The van der Waals surface area contributed by atoms with Crippen LogP contribution in [0.25, 0.3) is 0 Å². The first-order chi connectivity index (χ1) is 7.83. The maximum atomic E-state index is 5.81. The Hall–Kier alpha value is -0.0800. The second-order valence-corrected chi connectivity index (χ2v) is 5.17. The molecule has 0 N–H and O–H groups in total. The molecule has 0 heterocycles. The normalized spacial score (nSPS) is 18.4. The topological polar surface area (TPSA) is 18.5 Å². The molecule has 1 aliphatic carbocycles. The van der Waals surface area contributed by atoms with Crippen LogP contribution in [0, 0.1) is 5.41 Å². The molecular formula is C14H28O2. The monoisotopic (exact) mass is 228 g/mol. The number of hydrogen-bond donors (Lipinski definition) is 0. The van der Waals surface area contributed by atoms with Crippen LogP contribution in [0.2, 0.25) is 0 Å². The third-order valence-electron chi connectivity index (χ3n) is 3.96. The van der Waals surface area contributed by atoms with E-state index in [-0.39, 0.29) is 0 Å². The third-order valence-corrected chi connectivity index (χ3v) is 3.96. The lowest BCUT2D eigenvalue weighted by molar-refractivity contribution is -0.0100. The van der Waals surface area contributed by atoms with E-state index < -0.39 is 0 Å². The summed E-state index contributed by atoms with van der Waals surface area (Å²) >= 11 is 0. The van der Waals surface area contributed by atoms with Crippen molar-refractivity contribution in [3.8, 4) is 0 Å². The van der Waals surface area contributed by atoms with Crippen molar-refractivity contribution in [2.45, 2.75) is 58.3 Å². The van der Waals surface area contributed by atoms with Crippen LogP contribution in [0.4, 0.5) is 0 Å². The summed E-state index contributed by atoms with van der Waals surface area (Å²) < 4.78 is 10.8. The summed E-state index contributed by atoms with van der Waals surface area (Å²) in [6, 6.07) is 0. The molecule has 2 nitrogen and oxygen atoms in total. The fraction of sp³-hybridized carbons (Fsp3) is 1.00. The fourth-order valence-electron chi connectivity index (χ4n) is 2.37. The number of ether oxygens (including phenoxy) is 2.